The van der Waals surface area contributed by atoms with Gasteiger partial charge < -0.3 is 15.7 Å². The van der Waals surface area contributed by atoms with E-state index in [0.29, 0.717) is 17.1 Å². The quantitative estimate of drug-likeness (QED) is 0.232. The highest BCUT2D eigenvalue weighted by Crippen LogP contribution is 2.24. The number of hydrogen-bond donors (Lipinski definition) is 3. The van der Waals surface area contributed by atoms with Crippen molar-refractivity contribution in [1.82, 2.24) is 20.8 Å². The van der Waals surface area contributed by atoms with Gasteiger partial charge in [0.15, 0.2) is 0 Å². The molecule has 2 atom stereocenters. The third kappa shape index (κ3) is 7.80. The van der Waals surface area contributed by atoms with Gasteiger partial charge >= 0.3 is 0 Å². The average molecular weight is 537 g/mol. The molecule has 0 spiro atoms. The van der Waals surface area contributed by atoms with E-state index in [1.807, 2.05) is 36.4 Å². The predicted octanol–water partition coefficient (Wildman–Crippen LogP) is 4.44. The van der Waals surface area contributed by atoms with Crippen molar-refractivity contribution in [2.24, 2.45) is 0 Å². The topological polar surface area (TPSA) is 87.1 Å². The maximum Gasteiger partial charge on any atom is 0.230 e. The van der Waals surface area contributed by atoms with E-state index in [1.54, 1.807) is 6.20 Å². The number of fused-ring (bicyclic) bond motifs is 1. The van der Waals surface area contributed by atoms with Crippen LogP contribution in [0.1, 0.15) is 23.6 Å². The van der Waals surface area contributed by atoms with Crippen molar-refractivity contribution < 1.29 is 18.7 Å². The number of aryl methyl sites for hydroxylation is 1. The van der Waals surface area contributed by atoms with Crippen LogP contribution >= 0.6 is 11.8 Å². The van der Waals surface area contributed by atoms with Crippen molar-refractivity contribution in [2.45, 2.75) is 43.5 Å². The molecule has 4 aromatic rings. The molecule has 0 unspecified atom stereocenters. The van der Waals surface area contributed by atoms with Gasteiger partial charge in [-0.2, -0.15) is 5.10 Å². The molecule has 0 aliphatic carbocycles. The number of rotatable bonds is 12. The Morgan fingerprint density at radius 2 is 1.76 bits per heavy atom. The molecule has 0 aliphatic heterocycles. The van der Waals surface area contributed by atoms with E-state index in [-0.39, 0.29) is 24.6 Å². The molecule has 1 heterocycles. The zero-order valence-corrected chi connectivity index (χ0v) is 21.8. The van der Waals surface area contributed by atoms with Crippen LogP contribution in [0.15, 0.2) is 78.0 Å². The van der Waals surface area contributed by atoms with Gasteiger partial charge in [-0.05, 0) is 41.7 Å². The molecule has 6 nitrogen and oxygen atoms in total. The third-order valence-corrected chi connectivity index (χ3v) is 7.13. The summed E-state index contributed by atoms with van der Waals surface area (Å²) in [7, 11) is 0. The van der Waals surface area contributed by atoms with Gasteiger partial charge in [-0.3, -0.25) is 4.79 Å². The normalized spacial score (nSPS) is 12.8. The molecule has 0 saturated heterocycles. The summed E-state index contributed by atoms with van der Waals surface area (Å²) in [4.78, 5) is 12.9. The number of benzene rings is 3. The first-order valence-electron chi connectivity index (χ1n) is 12.5. The molecule has 198 valence electrons. The molecule has 3 aromatic carbocycles. The van der Waals surface area contributed by atoms with E-state index < -0.39 is 23.8 Å². The van der Waals surface area contributed by atoms with Crippen LogP contribution in [0.2, 0.25) is 0 Å². The summed E-state index contributed by atoms with van der Waals surface area (Å²) in [5, 5.41) is 27.6. The summed E-state index contributed by atoms with van der Waals surface area (Å²) >= 11 is 1.24. The molecular formula is C29H30F2N4O2S. The minimum Gasteiger partial charge on any atom is -0.390 e. The lowest BCUT2D eigenvalue weighted by molar-refractivity contribution is -0.120. The smallest absolute Gasteiger partial charge is 0.230 e. The van der Waals surface area contributed by atoms with Gasteiger partial charge in [-0.25, -0.2) is 8.78 Å². The fourth-order valence-corrected chi connectivity index (χ4v) is 5.02. The van der Waals surface area contributed by atoms with Gasteiger partial charge in [-0.15, -0.1) is 5.10 Å². The van der Waals surface area contributed by atoms with Crippen LogP contribution in [-0.4, -0.2) is 45.7 Å². The van der Waals surface area contributed by atoms with Crippen molar-refractivity contribution in [2.75, 3.05) is 12.3 Å². The molecular weight excluding hydrogens is 506 g/mol. The Hall–Kier alpha value is -3.40. The van der Waals surface area contributed by atoms with Gasteiger partial charge in [0.25, 0.3) is 0 Å². The minimum atomic E-state index is -0.998. The number of aliphatic hydroxyl groups is 1. The summed E-state index contributed by atoms with van der Waals surface area (Å²) in [5.74, 6) is -1.71. The van der Waals surface area contributed by atoms with Crippen LogP contribution in [0.4, 0.5) is 8.78 Å². The van der Waals surface area contributed by atoms with E-state index in [4.69, 9.17) is 0 Å². The standard InChI is InChI=1S/C29H30F2N4O2S/c1-2-19-6-5-7-20(10-19)15-32-17-27(36)26(13-21-11-23(30)14-24(31)12-21)34-28(37)18-38-29-25-9-4-3-8-22(25)16-33-35-29/h3-12,14,16,26-27,32,36H,2,13,15,17-18H2,1H3,(H,34,37)/t26-,27+/m0/s1. The molecule has 0 fully saturated rings. The number of hydrogen-bond acceptors (Lipinski definition) is 6. The van der Waals surface area contributed by atoms with Gasteiger partial charge in [-0.1, -0.05) is 67.2 Å². The number of carbonyl (C=O) groups is 1. The van der Waals surface area contributed by atoms with E-state index in [9.17, 15) is 18.7 Å². The molecule has 9 heteroatoms. The fourth-order valence-electron chi connectivity index (χ4n) is 4.22. The number of nitrogens with zero attached hydrogens (tertiary/aromatic N) is 2. The first-order chi connectivity index (χ1) is 18.4. The second kappa shape index (κ2) is 13.4. The Kier molecular flexibility index (Phi) is 9.75. The first kappa shape index (κ1) is 27.6. The Morgan fingerprint density at radius 3 is 2.55 bits per heavy atom. The Morgan fingerprint density at radius 1 is 1.00 bits per heavy atom. The van der Waals surface area contributed by atoms with Crippen molar-refractivity contribution in [3.05, 3.63) is 101 Å². The maximum atomic E-state index is 13.8. The second-order valence-corrected chi connectivity index (χ2v) is 10.0. The molecule has 4 rings (SSSR count). The largest absolute Gasteiger partial charge is 0.390 e. The van der Waals surface area contributed by atoms with Crippen LogP contribution in [0, 0.1) is 11.6 Å². The Bertz CT molecular complexity index is 1360. The molecule has 3 N–H and O–H groups in total. The second-order valence-electron chi connectivity index (χ2n) is 9.05. The van der Waals surface area contributed by atoms with Crippen LogP contribution in [-0.2, 0) is 24.2 Å². The van der Waals surface area contributed by atoms with Crippen LogP contribution in [0.3, 0.4) is 0 Å². The minimum absolute atomic E-state index is 0.0423. The molecule has 0 radical (unpaired) electrons. The van der Waals surface area contributed by atoms with Crippen molar-refractivity contribution in [3.63, 3.8) is 0 Å². The lowest BCUT2D eigenvalue weighted by Gasteiger charge is -2.25. The van der Waals surface area contributed by atoms with Crippen molar-refractivity contribution in [1.29, 1.82) is 0 Å². The number of carbonyl (C=O) groups excluding carboxylic acids is 1. The summed E-state index contributed by atoms with van der Waals surface area (Å²) in [6, 6.07) is 18.2. The highest BCUT2D eigenvalue weighted by Gasteiger charge is 2.23. The number of aromatic nitrogens is 2. The van der Waals surface area contributed by atoms with Gasteiger partial charge in [0.1, 0.15) is 16.7 Å². The monoisotopic (exact) mass is 536 g/mol. The van der Waals surface area contributed by atoms with Crippen LogP contribution < -0.4 is 10.6 Å². The number of amides is 1. The number of thioether (sulfide) groups is 1. The Labute approximate surface area is 224 Å². The van der Waals surface area contributed by atoms with E-state index >= 15 is 0 Å². The maximum absolute atomic E-state index is 13.8. The lowest BCUT2D eigenvalue weighted by atomic mass is 10.0. The van der Waals surface area contributed by atoms with E-state index in [1.165, 1.54) is 29.5 Å². The van der Waals surface area contributed by atoms with Crippen LogP contribution in [0.5, 0.6) is 0 Å². The molecule has 0 bridgehead atoms. The molecule has 1 amide bonds. The van der Waals surface area contributed by atoms with Gasteiger partial charge in [0.05, 0.1) is 24.1 Å². The summed E-state index contributed by atoms with van der Waals surface area (Å²) in [5.41, 5.74) is 2.64. The lowest BCUT2D eigenvalue weighted by Crippen LogP contribution is -2.49. The van der Waals surface area contributed by atoms with Crippen molar-refractivity contribution >= 4 is 28.4 Å². The number of halogens is 2. The predicted molar refractivity (Wildman–Crippen MR) is 146 cm³/mol. The average Bonchev–Trinajstić information content (AvgIpc) is 2.91. The Balaban J connectivity index is 1.41. The zero-order valence-electron chi connectivity index (χ0n) is 21.0. The molecule has 0 saturated carbocycles. The molecule has 0 aliphatic rings. The summed E-state index contributed by atoms with van der Waals surface area (Å²) in [6.07, 6.45) is 1.65. The van der Waals surface area contributed by atoms with E-state index in [2.05, 4.69) is 39.9 Å². The first-order valence-corrected chi connectivity index (χ1v) is 13.4. The zero-order chi connectivity index (χ0) is 26.9. The molecule has 1 aromatic heterocycles. The number of nitrogens with one attached hydrogen (secondary N) is 2. The van der Waals surface area contributed by atoms with Crippen molar-refractivity contribution in [3.8, 4) is 0 Å². The van der Waals surface area contributed by atoms with Crippen LogP contribution in [0.25, 0.3) is 10.8 Å². The summed E-state index contributed by atoms with van der Waals surface area (Å²) < 4.78 is 27.6. The fraction of sp³-hybridized carbons (Fsp3) is 0.276. The highest BCUT2D eigenvalue weighted by atomic mass is 32.2. The van der Waals surface area contributed by atoms with Gasteiger partial charge in [0.2, 0.25) is 5.91 Å². The third-order valence-electron chi connectivity index (χ3n) is 6.15. The molecule has 38 heavy (non-hydrogen) atoms. The SMILES string of the molecule is CCc1cccc(CNC[C@@H](O)[C@H](Cc2cc(F)cc(F)c2)NC(=O)CSc2nncc3ccccc23)c1. The van der Waals surface area contributed by atoms with E-state index in [0.717, 1.165) is 28.8 Å². The van der Waals surface area contributed by atoms with Gasteiger partial charge in [0, 0.05) is 29.9 Å². The highest BCUT2D eigenvalue weighted by molar-refractivity contribution is 8.00. The number of aliphatic hydroxyl groups excluding tert-OH is 1. The summed E-state index contributed by atoms with van der Waals surface area (Å²) in [6.45, 7) is 2.81.